The highest BCUT2D eigenvalue weighted by Gasteiger charge is 2.34. The van der Waals surface area contributed by atoms with Gasteiger partial charge in [-0.25, -0.2) is 0 Å². The average Bonchev–Trinajstić information content (AvgIpc) is 3.09. The van der Waals surface area contributed by atoms with Gasteiger partial charge in [-0.2, -0.15) is 5.10 Å². The first-order valence-corrected chi connectivity index (χ1v) is 8.13. The number of hydrogen-bond donors (Lipinski definition) is 0. The molecule has 0 spiro atoms. The SMILES string of the molecule is CCO[C@H]1CCN(Cc2cnn(C)c2)[C@H]1Cc1ccccc1. The summed E-state index contributed by atoms with van der Waals surface area (Å²) >= 11 is 0. The molecule has 2 heterocycles. The summed E-state index contributed by atoms with van der Waals surface area (Å²) in [6, 6.07) is 11.2. The van der Waals surface area contributed by atoms with E-state index < -0.39 is 0 Å². The predicted molar refractivity (Wildman–Crippen MR) is 87.6 cm³/mol. The van der Waals surface area contributed by atoms with Gasteiger partial charge in [0.2, 0.25) is 0 Å². The number of aromatic nitrogens is 2. The Morgan fingerprint density at radius 3 is 2.73 bits per heavy atom. The highest BCUT2D eigenvalue weighted by molar-refractivity contribution is 5.17. The molecule has 1 aliphatic rings. The van der Waals surface area contributed by atoms with Crippen molar-refractivity contribution in [2.24, 2.45) is 7.05 Å². The second-order valence-electron chi connectivity index (χ2n) is 6.03. The lowest BCUT2D eigenvalue weighted by molar-refractivity contribution is 0.0331. The van der Waals surface area contributed by atoms with Crippen molar-refractivity contribution in [3.05, 3.63) is 53.9 Å². The lowest BCUT2D eigenvalue weighted by atomic mass is 10.0. The Bertz CT molecular complexity index is 581. The van der Waals surface area contributed by atoms with Gasteiger partial charge in [0.25, 0.3) is 0 Å². The summed E-state index contributed by atoms with van der Waals surface area (Å²) < 4.78 is 7.87. The maximum Gasteiger partial charge on any atom is 0.0745 e. The van der Waals surface area contributed by atoms with Crippen LogP contribution in [-0.4, -0.2) is 40.0 Å². The largest absolute Gasteiger partial charge is 0.377 e. The van der Waals surface area contributed by atoms with Crippen molar-refractivity contribution in [3.63, 3.8) is 0 Å². The van der Waals surface area contributed by atoms with Crippen molar-refractivity contribution in [2.75, 3.05) is 13.2 Å². The molecule has 0 N–H and O–H groups in total. The van der Waals surface area contributed by atoms with Crippen LogP contribution in [0.4, 0.5) is 0 Å². The standard InChI is InChI=1S/C18H25N3O/c1-3-22-18-9-10-21(14-16-12-19-20(2)13-16)17(18)11-15-7-5-4-6-8-15/h4-8,12-13,17-18H,3,9-11,14H2,1-2H3/t17-,18-/m0/s1. The van der Waals surface area contributed by atoms with E-state index in [1.807, 2.05) is 17.9 Å². The van der Waals surface area contributed by atoms with E-state index in [-0.39, 0.29) is 0 Å². The zero-order chi connectivity index (χ0) is 15.4. The number of rotatable bonds is 6. The molecule has 0 saturated carbocycles. The monoisotopic (exact) mass is 299 g/mol. The molecule has 4 nitrogen and oxygen atoms in total. The number of ether oxygens (including phenoxy) is 1. The molecule has 2 atom stereocenters. The number of likely N-dealkylation sites (tertiary alicyclic amines) is 1. The molecule has 118 valence electrons. The molecule has 3 rings (SSSR count). The Hall–Kier alpha value is -1.65. The summed E-state index contributed by atoms with van der Waals surface area (Å²) in [6.45, 7) is 4.92. The molecule has 2 aromatic rings. The molecule has 1 aromatic heterocycles. The van der Waals surface area contributed by atoms with E-state index in [2.05, 4.69) is 53.5 Å². The highest BCUT2D eigenvalue weighted by Crippen LogP contribution is 2.26. The number of hydrogen-bond acceptors (Lipinski definition) is 3. The van der Waals surface area contributed by atoms with E-state index in [4.69, 9.17) is 4.74 Å². The lowest BCUT2D eigenvalue weighted by Crippen LogP contribution is -2.37. The zero-order valence-corrected chi connectivity index (χ0v) is 13.5. The van der Waals surface area contributed by atoms with Gasteiger partial charge in [0.05, 0.1) is 12.3 Å². The molecule has 22 heavy (non-hydrogen) atoms. The van der Waals surface area contributed by atoms with Gasteiger partial charge in [-0.1, -0.05) is 30.3 Å². The molecule has 0 unspecified atom stereocenters. The molecule has 1 saturated heterocycles. The summed E-state index contributed by atoms with van der Waals surface area (Å²) in [5.41, 5.74) is 2.66. The van der Waals surface area contributed by atoms with Crippen molar-refractivity contribution in [2.45, 2.75) is 38.5 Å². The van der Waals surface area contributed by atoms with Crippen LogP contribution in [0.2, 0.25) is 0 Å². The summed E-state index contributed by atoms with van der Waals surface area (Å²) in [6.07, 6.45) is 6.57. The third kappa shape index (κ3) is 3.57. The van der Waals surface area contributed by atoms with E-state index in [1.54, 1.807) is 0 Å². The molecule has 1 aliphatic heterocycles. The topological polar surface area (TPSA) is 30.3 Å². The van der Waals surface area contributed by atoms with Crippen LogP contribution < -0.4 is 0 Å². The minimum Gasteiger partial charge on any atom is -0.377 e. The van der Waals surface area contributed by atoms with Gasteiger partial charge in [0.15, 0.2) is 0 Å². The zero-order valence-electron chi connectivity index (χ0n) is 13.5. The van der Waals surface area contributed by atoms with Gasteiger partial charge in [0, 0.05) is 44.5 Å². The van der Waals surface area contributed by atoms with Crippen LogP contribution in [0.25, 0.3) is 0 Å². The smallest absolute Gasteiger partial charge is 0.0745 e. The van der Waals surface area contributed by atoms with E-state index in [9.17, 15) is 0 Å². The van der Waals surface area contributed by atoms with Gasteiger partial charge in [-0.3, -0.25) is 9.58 Å². The van der Waals surface area contributed by atoms with E-state index >= 15 is 0 Å². The summed E-state index contributed by atoms with van der Waals surface area (Å²) in [7, 11) is 1.97. The Kier molecular flexibility index (Phi) is 4.90. The number of benzene rings is 1. The minimum atomic E-state index is 0.335. The molecule has 0 aliphatic carbocycles. The van der Waals surface area contributed by atoms with Crippen LogP contribution in [0.3, 0.4) is 0 Å². The van der Waals surface area contributed by atoms with Gasteiger partial charge in [-0.15, -0.1) is 0 Å². The first kappa shape index (κ1) is 15.3. The summed E-state index contributed by atoms with van der Waals surface area (Å²) in [5.74, 6) is 0. The molecule has 1 aromatic carbocycles. The van der Waals surface area contributed by atoms with E-state index in [1.165, 1.54) is 11.1 Å². The normalized spacial score (nSPS) is 22.3. The molecule has 4 heteroatoms. The minimum absolute atomic E-state index is 0.335. The Morgan fingerprint density at radius 2 is 2.05 bits per heavy atom. The van der Waals surface area contributed by atoms with Crippen LogP contribution >= 0.6 is 0 Å². The second-order valence-corrected chi connectivity index (χ2v) is 6.03. The van der Waals surface area contributed by atoms with Crippen molar-refractivity contribution in [1.29, 1.82) is 0 Å². The van der Waals surface area contributed by atoms with Crippen molar-refractivity contribution in [1.82, 2.24) is 14.7 Å². The maximum absolute atomic E-state index is 6.00. The van der Waals surface area contributed by atoms with Gasteiger partial charge in [0.1, 0.15) is 0 Å². The van der Waals surface area contributed by atoms with Crippen LogP contribution in [0.15, 0.2) is 42.7 Å². The molecular formula is C18H25N3O. The van der Waals surface area contributed by atoms with Gasteiger partial charge < -0.3 is 4.74 Å². The lowest BCUT2D eigenvalue weighted by Gasteiger charge is -2.28. The van der Waals surface area contributed by atoms with Crippen LogP contribution in [0.1, 0.15) is 24.5 Å². The summed E-state index contributed by atoms with van der Waals surface area (Å²) in [4.78, 5) is 2.55. The van der Waals surface area contributed by atoms with Gasteiger partial charge >= 0.3 is 0 Å². The maximum atomic E-state index is 6.00. The predicted octanol–water partition coefficient (Wildman–Crippen LogP) is 2.64. The molecule has 0 radical (unpaired) electrons. The molecule has 0 bridgehead atoms. The Balaban J connectivity index is 1.72. The third-order valence-electron chi connectivity index (χ3n) is 4.41. The highest BCUT2D eigenvalue weighted by atomic mass is 16.5. The van der Waals surface area contributed by atoms with Crippen molar-refractivity contribution < 1.29 is 4.74 Å². The Labute approximate surface area is 132 Å². The molecule has 1 fully saturated rings. The summed E-state index contributed by atoms with van der Waals surface area (Å²) in [5, 5.41) is 4.28. The first-order valence-electron chi connectivity index (χ1n) is 8.13. The first-order chi connectivity index (χ1) is 10.8. The second kappa shape index (κ2) is 7.07. The van der Waals surface area contributed by atoms with Crippen molar-refractivity contribution >= 4 is 0 Å². The average molecular weight is 299 g/mol. The number of nitrogens with zero attached hydrogens (tertiary/aromatic N) is 3. The fourth-order valence-electron chi connectivity index (χ4n) is 3.40. The fraction of sp³-hybridized carbons (Fsp3) is 0.500. The van der Waals surface area contributed by atoms with Gasteiger partial charge in [-0.05, 0) is 25.3 Å². The molecular weight excluding hydrogens is 274 g/mol. The molecule has 0 amide bonds. The Morgan fingerprint density at radius 1 is 1.23 bits per heavy atom. The fourth-order valence-corrected chi connectivity index (χ4v) is 3.40. The van der Waals surface area contributed by atoms with E-state index in [0.717, 1.165) is 32.5 Å². The van der Waals surface area contributed by atoms with Crippen molar-refractivity contribution in [3.8, 4) is 0 Å². The third-order valence-corrected chi connectivity index (χ3v) is 4.41. The quantitative estimate of drug-likeness (QED) is 0.821. The van der Waals surface area contributed by atoms with Crippen LogP contribution in [-0.2, 0) is 24.8 Å². The van der Waals surface area contributed by atoms with E-state index in [0.29, 0.717) is 12.1 Å². The number of aryl methyl sites for hydroxylation is 1. The van der Waals surface area contributed by atoms with Crippen LogP contribution in [0, 0.1) is 0 Å². The van der Waals surface area contributed by atoms with Crippen LogP contribution in [0.5, 0.6) is 0 Å².